The van der Waals surface area contributed by atoms with Gasteiger partial charge in [-0.15, -0.1) is 0 Å². The van der Waals surface area contributed by atoms with Crippen molar-refractivity contribution in [3.05, 3.63) is 0 Å². The van der Waals surface area contributed by atoms with Gasteiger partial charge in [-0.25, -0.2) is 4.79 Å². The fourth-order valence-electron chi connectivity index (χ4n) is 1.04. The van der Waals surface area contributed by atoms with Crippen LogP contribution in [-0.2, 0) is 9.59 Å². The van der Waals surface area contributed by atoms with Crippen LogP contribution >= 0.6 is 0 Å². The Balaban J connectivity index is 3.97. The summed E-state index contributed by atoms with van der Waals surface area (Å²) in [6, 6.07) is -0.643. The van der Waals surface area contributed by atoms with E-state index in [4.69, 9.17) is 5.11 Å². The van der Waals surface area contributed by atoms with Gasteiger partial charge in [0.25, 0.3) is 0 Å². The third-order valence-electron chi connectivity index (χ3n) is 2.06. The molecule has 0 aliphatic carbocycles. The van der Waals surface area contributed by atoms with Crippen molar-refractivity contribution in [2.75, 3.05) is 27.2 Å². The summed E-state index contributed by atoms with van der Waals surface area (Å²) in [4.78, 5) is 34.1. The highest BCUT2D eigenvalue weighted by molar-refractivity contribution is 5.83. The average molecular weight is 261 g/mol. The summed E-state index contributed by atoms with van der Waals surface area (Å²) in [6.07, 6.45) is -0.482. The highest BCUT2D eigenvalue weighted by Crippen LogP contribution is 2.06. The van der Waals surface area contributed by atoms with Crippen molar-refractivity contribution in [2.45, 2.75) is 18.9 Å². The normalized spacial score (nSPS) is 13.3. The van der Waals surface area contributed by atoms with Gasteiger partial charge >= 0.3 is 12.0 Å². The van der Waals surface area contributed by atoms with Gasteiger partial charge in [-0.1, -0.05) is 0 Å². The lowest BCUT2D eigenvalue weighted by molar-refractivity contribution is -0.141. The molecule has 0 aromatic carbocycles. The summed E-state index contributed by atoms with van der Waals surface area (Å²) in [5.41, 5.74) is -1.53. The molecular weight excluding hydrogens is 242 g/mol. The number of hydrogen-bond acceptors (Lipinski definition) is 4. The second-order valence-electron chi connectivity index (χ2n) is 4.39. The van der Waals surface area contributed by atoms with Crippen LogP contribution in [0.4, 0.5) is 4.79 Å². The van der Waals surface area contributed by atoms with Crippen molar-refractivity contribution in [2.24, 2.45) is 0 Å². The lowest BCUT2D eigenvalue weighted by atomic mass is 10.0. The first-order valence-electron chi connectivity index (χ1n) is 5.30. The Morgan fingerprint density at radius 1 is 1.22 bits per heavy atom. The zero-order chi connectivity index (χ0) is 14.3. The number of likely N-dealkylation sites (N-methyl/N-ethyl adjacent to an activating group) is 1. The fourth-order valence-corrected chi connectivity index (χ4v) is 1.04. The minimum absolute atomic E-state index is 0.167. The van der Waals surface area contributed by atoms with Crippen LogP contribution in [0.3, 0.4) is 0 Å². The van der Waals surface area contributed by atoms with E-state index >= 15 is 0 Å². The van der Waals surface area contributed by atoms with Crippen molar-refractivity contribution in [1.29, 1.82) is 0 Å². The third-order valence-corrected chi connectivity index (χ3v) is 2.06. The molecule has 0 aliphatic rings. The first-order valence-corrected chi connectivity index (χ1v) is 5.30. The number of amides is 3. The molecule has 104 valence electrons. The Labute approximate surface area is 105 Å². The van der Waals surface area contributed by atoms with E-state index < -0.39 is 24.0 Å². The number of hydrogen-bond donors (Lipinski definition) is 4. The number of carboxylic acid groups (broad SMARTS) is 1. The summed E-state index contributed by atoms with van der Waals surface area (Å²) < 4.78 is 0. The van der Waals surface area contributed by atoms with Crippen molar-refractivity contribution >= 4 is 17.9 Å². The monoisotopic (exact) mass is 261 g/mol. The molecule has 18 heavy (non-hydrogen) atoms. The highest BCUT2D eigenvalue weighted by atomic mass is 16.4. The Bertz CT molecular complexity index is 327. The van der Waals surface area contributed by atoms with Gasteiger partial charge in [0.15, 0.2) is 0 Å². The molecule has 1 unspecified atom stereocenters. The van der Waals surface area contributed by atoms with Gasteiger partial charge in [0.1, 0.15) is 0 Å². The number of rotatable bonds is 6. The Hall–Kier alpha value is -1.83. The van der Waals surface area contributed by atoms with E-state index in [1.807, 2.05) is 0 Å². The van der Waals surface area contributed by atoms with Gasteiger partial charge in [0.2, 0.25) is 5.91 Å². The zero-order valence-electron chi connectivity index (χ0n) is 10.7. The second kappa shape index (κ2) is 6.80. The standard InChI is InChI=1S/C10H19N3O5/c1-10(18,4-8(15)16)6-12-9(17)11-5-7(14)13(2)3/h18H,4-6H2,1-3H3,(H,15,16)(H2,11,12,17). The van der Waals surface area contributed by atoms with E-state index in [9.17, 15) is 19.5 Å². The highest BCUT2D eigenvalue weighted by Gasteiger charge is 2.24. The molecule has 0 bridgehead atoms. The third kappa shape index (κ3) is 7.44. The van der Waals surface area contributed by atoms with Gasteiger partial charge in [-0.05, 0) is 6.92 Å². The SMILES string of the molecule is CN(C)C(=O)CNC(=O)NCC(C)(O)CC(=O)O. The lowest BCUT2D eigenvalue weighted by Gasteiger charge is -2.21. The van der Waals surface area contributed by atoms with Gasteiger partial charge < -0.3 is 25.7 Å². The molecule has 0 saturated heterocycles. The molecule has 0 fully saturated rings. The van der Waals surface area contributed by atoms with E-state index in [-0.39, 0.29) is 19.0 Å². The molecule has 0 rings (SSSR count). The van der Waals surface area contributed by atoms with Crippen molar-refractivity contribution in [1.82, 2.24) is 15.5 Å². The average Bonchev–Trinajstić information content (AvgIpc) is 2.21. The molecule has 0 spiro atoms. The molecular formula is C10H19N3O5. The topological polar surface area (TPSA) is 119 Å². The molecule has 0 radical (unpaired) electrons. The van der Waals surface area contributed by atoms with Gasteiger partial charge in [-0.3, -0.25) is 9.59 Å². The van der Waals surface area contributed by atoms with E-state index in [1.54, 1.807) is 14.1 Å². The molecule has 0 aliphatic heterocycles. The number of carboxylic acids is 1. The van der Waals surface area contributed by atoms with Crippen LogP contribution < -0.4 is 10.6 Å². The van der Waals surface area contributed by atoms with E-state index in [1.165, 1.54) is 11.8 Å². The smallest absolute Gasteiger partial charge is 0.315 e. The minimum Gasteiger partial charge on any atom is -0.481 e. The number of aliphatic hydroxyl groups is 1. The summed E-state index contributed by atoms with van der Waals surface area (Å²) in [5.74, 6) is -1.44. The first-order chi connectivity index (χ1) is 8.14. The molecule has 4 N–H and O–H groups in total. The van der Waals surface area contributed by atoms with Crippen LogP contribution in [0.1, 0.15) is 13.3 Å². The Morgan fingerprint density at radius 2 is 1.78 bits per heavy atom. The van der Waals surface area contributed by atoms with Crippen LogP contribution in [0.2, 0.25) is 0 Å². The van der Waals surface area contributed by atoms with Crippen LogP contribution in [-0.4, -0.2) is 65.8 Å². The molecule has 8 heteroatoms. The largest absolute Gasteiger partial charge is 0.481 e. The molecule has 3 amide bonds. The van der Waals surface area contributed by atoms with E-state index in [0.717, 1.165) is 0 Å². The zero-order valence-corrected chi connectivity index (χ0v) is 10.7. The summed E-state index contributed by atoms with van der Waals surface area (Å²) >= 11 is 0. The predicted octanol–water partition coefficient (Wildman–Crippen LogP) is -1.40. The van der Waals surface area contributed by atoms with Crippen LogP contribution in [0, 0.1) is 0 Å². The van der Waals surface area contributed by atoms with Crippen molar-refractivity contribution < 1.29 is 24.6 Å². The summed E-state index contributed by atoms with van der Waals surface area (Å²) in [5, 5.41) is 22.7. The summed E-state index contributed by atoms with van der Waals surface area (Å²) in [6.45, 7) is 0.910. The second-order valence-corrected chi connectivity index (χ2v) is 4.39. The Morgan fingerprint density at radius 3 is 2.22 bits per heavy atom. The number of aliphatic carboxylic acids is 1. The van der Waals surface area contributed by atoms with Gasteiger partial charge in [0.05, 0.1) is 18.6 Å². The maximum atomic E-state index is 11.3. The molecule has 1 atom stereocenters. The molecule has 8 nitrogen and oxygen atoms in total. The fraction of sp³-hybridized carbons (Fsp3) is 0.700. The molecule has 0 saturated carbocycles. The Kier molecular flexibility index (Phi) is 6.11. The molecule has 0 aromatic heterocycles. The van der Waals surface area contributed by atoms with Crippen LogP contribution in [0.15, 0.2) is 0 Å². The van der Waals surface area contributed by atoms with E-state index in [2.05, 4.69) is 10.6 Å². The molecule has 0 aromatic rings. The number of carbonyl (C=O) groups excluding carboxylic acids is 2. The quantitative estimate of drug-likeness (QED) is 0.469. The first kappa shape index (κ1) is 16.2. The predicted molar refractivity (Wildman–Crippen MR) is 63.0 cm³/mol. The maximum absolute atomic E-state index is 11.3. The van der Waals surface area contributed by atoms with E-state index in [0.29, 0.717) is 0 Å². The van der Waals surface area contributed by atoms with Gasteiger partial charge in [0, 0.05) is 20.6 Å². The number of carbonyl (C=O) groups is 3. The summed E-state index contributed by atoms with van der Waals surface area (Å²) in [7, 11) is 3.11. The number of nitrogens with one attached hydrogen (secondary N) is 2. The van der Waals surface area contributed by atoms with Crippen LogP contribution in [0.5, 0.6) is 0 Å². The van der Waals surface area contributed by atoms with Crippen molar-refractivity contribution in [3.63, 3.8) is 0 Å². The van der Waals surface area contributed by atoms with Crippen molar-refractivity contribution in [3.8, 4) is 0 Å². The van der Waals surface area contributed by atoms with Crippen LogP contribution in [0.25, 0.3) is 0 Å². The lowest BCUT2D eigenvalue weighted by Crippen LogP contribution is -2.47. The number of nitrogens with zero attached hydrogens (tertiary/aromatic N) is 1. The maximum Gasteiger partial charge on any atom is 0.315 e. The molecule has 0 heterocycles. The minimum atomic E-state index is -1.53. The number of urea groups is 1. The van der Waals surface area contributed by atoms with Gasteiger partial charge in [-0.2, -0.15) is 0 Å².